The lowest BCUT2D eigenvalue weighted by Crippen LogP contribution is -2.47. The van der Waals surface area contributed by atoms with E-state index in [0.717, 1.165) is 5.39 Å². The van der Waals surface area contributed by atoms with Crippen LogP contribution in [0.4, 0.5) is 33.3 Å². The van der Waals surface area contributed by atoms with Gasteiger partial charge in [0.05, 0.1) is 36.4 Å². The molecule has 0 bridgehead atoms. The van der Waals surface area contributed by atoms with Gasteiger partial charge in [-0.3, -0.25) is 4.57 Å². The molecule has 36 heavy (non-hydrogen) atoms. The van der Waals surface area contributed by atoms with Gasteiger partial charge < -0.3 is 36.1 Å². The third-order valence-corrected chi connectivity index (χ3v) is 6.58. The van der Waals surface area contributed by atoms with Crippen LogP contribution in [-0.4, -0.2) is 62.2 Å². The monoisotopic (exact) mass is 492 g/mol. The molecule has 5 N–H and O–H groups in total. The van der Waals surface area contributed by atoms with Crippen LogP contribution in [0, 0.1) is 5.82 Å². The van der Waals surface area contributed by atoms with Crippen LogP contribution in [0.1, 0.15) is 0 Å². The summed E-state index contributed by atoms with van der Waals surface area (Å²) in [4.78, 5) is 4.16. The average molecular weight is 493 g/mol. The van der Waals surface area contributed by atoms with Crippen LogP contribution in [-0.2, 0) is 0 Å². The fourth-order valence-corrected chi connectivity index (χ4v) is 4.81. The molecule has 1 saturated heterocycles. The lowest BCUT2D eigenvalue weighted by molar-refractivity contribution is 0.393. The Labute approximate surface area is 208 Å². The number of methoxy groups -OCH3 is 2. The number of benzene rings is 2. The molecule has 5 rings (SSSR count). The minimum Gasteiger partial charge on any atom is -0.497 e. The summed E-state index contributed by atoms with van der Waals surface area (Å²) in [6.45, 7) is 2.52. The van der Waals surface area contributed by atoms with E-state index >= 15 is 0 Å². The van der Waals surface area contributed by atoms with Crippen molar-refractivity contribution >= 4 is 39.7 Å². The van der Waals surface area contributed by atoms with Gasteiger partial charge in [0.1, 0.15) is 29.0 Å². The highest BCUT2D eigenvalue weighted by molar-refractivity contribution is 6.13. The maximum Gasteiger partial charge on any atom is 0.163 e. The summed E-state index contributed by atoms with van der Waals surface area (Å²) in [6, 6.07) is 12.3. The number of rotatable bonds is 6. The van der Waals surface area contributed by atoms with Crippen molar-refractivity contribution in [3.05, 3.63) is 48.3 Å². The number of piperazine rings is 1. The second kappa shape index (κ2) is 9.33. The van der Waals surface area contributed by atoms with Crippen molar-refractivity contribution in [2.75, 3.05) is 74.0 Å². The van der Waals surface area contributed by atoms with Crippen LogP contribution < -0.4 is 36.1 Å². The summed E-state index contributed by atoms with van der Waals surface area (Å²) in [7, 11) is 5.01. The summed E-state index contributed by atoms with van der Waals surface area (Å²) in [6.07, 6.45) is 0. The summed E-state index contributed by atoms with van der Waals surface area (Å²) in [5.41, 5.74) is 14.3. The molecule has 11 heteroatoms. The van der Waals surface area contributed by atoms with Gasteiger partial charge in [-0.05, 0) is 24.3 Å². The number of fused-ring (bicyclic) bond motifs is 1. The molecule has 2 aromatic heterocycles. The van der Waals surface area contributed by atoms with Crippen molar-refractivity contribution < 1.29 is 13.9 Å². The number of anilines is 5. The second-order valence-corrected chi connectivity index (χ2v) is 8.44. The third-order valence-electron chi connectivity index (χ3n) is 6.58. The Bertz CT molecular complexity index is 1420. The molecule has 1 fully saturated rings. The van der Waals surface area contributed by atoms with Gasteiger partial charge in [-0.2, -0.15) is 0 Å². The number of nitrogens with zero attached hydrogens (tertiary/aromatic N) is 5. The van der Waals surface area contributed by atoms with Crippen LogP contribution in [0.2, 0.25) is 0 Å². The summed E-state index contributed by atoms with van der Waals surface area (Å²) in [5.74, 6) is 3.03. The number of hydrogen-bond donors (Lipinski definition) is 3. The molecule has 1 aliphatic heterocycles. The quantitative estimate of drug-likeness (QED) is 0.373. The Morgan fingerprint density at radius 3 is 2.28 bits per heavy atom. The molecule has 1 aliphatic rings. The summed E-state index contributed by atoms with van der Waals surface area (Å²) in [5, 5.41) is 13.3. The molecule has 0 amide bonds. The molecule has 0 spiro atoms. The van der Waals surface area contributed by atoms with E-state index in [-0.39, 0.29) is 11.6 Å². The van der Waals surface area contributed by atoms with E-state index in [2.05, 4.69) is 20.4 Å². The van der Waals surface area contributed by atoms with Gasteiger partial charge in [-0.15, -0.1) is 10.2 Å². The lowest BCUT2D eigenvalue weighted by Gasteiger charge is -2.37. The van der Waals surface area contributed by atoms with Gasteiger partial charge in [-0.25, -0.2) is 4.39 Å². The van der Waals surface area contributed by atoms with Crippen LogP contribution >= 0.6 is 0 Å². The first-order chi connectivity index (χ1) is 17.5. The van der Waals surface area contributed by atoms with E-state index in [4.69, 9.17) is 20.9 Å². The third kappa shape index (κ3) is 3.72. The smallest absolute Gasteiger partial charge is 0.163 e. The van der Waals surface area contributed by atoms with Crippen LogP contribution in [0.3, 0.4) is 0 Å². The Balaban J connectivity index is 1.59. The van der Waals surface area contributed by atoms with Gasteiger partial charge in [0.15, 0.2) is 11.6 Å². The van der Waals surface area contributed by atoms with Crippen molar-refractivity contribution in [2.24, 2.45) is 0 Å². The zero-order valence-corrected chi connectivity index (χ0v) is 20.5. The average Bonchev–Trinajstić information content (AvgIpc) is 3.21. The first kappa shape index (κ1) is 23.3. The fraction of sp³-hybridized carbons (Fsp3) is 0.280. The van der Waals surface area contributed by atoms with Gasteiger partial charge in [-0.1, -0.05) is 12.1 Å². The van der Waals surface area contributed by atoms with E-state index in [0.29, 0.717) is 71.9 Å². The number of halogens is 1. The number of hydrogen-bond acceptors (Lipinski definition) is 9. The summed E-state index contributed by atoms with van der Waals surface area (Å²) >= 11 is 0. The summed E-state index contributed by atoms with van der Waals surface area (Å²) < 4.78 is 27.2. The van der Waals surface area contributed by atoms with E-state index in [1.807, 2.05) is 34.7 Å². The molecule has 3 heterocycles. The van der Waals surface area contributed by atoms with Crippen LogP contribution in [0.25, 0.3) is 16.5 Å². The van der Waals surface area contributed by atoms with E-state index in [1.54, 1.807) is 32.4 Å². The molecule has 4 aromatic rings. The van der Waals surface area contributed by atoms with Crippen molar-refractivity contribution in [1.29, 1.82) is 0 Å². The maximum atomic E-state index is 14.3. The molecular formula is C25H29FN8O2. The van der Waals surface area contributed by atoms with Crippen LogP contribution in [0.15, 0.2) is 42.5 Å². The number of nitrogen functional groups attached to an aromatic ring is 2. The highest BCUT2D eigenvalue weighted by Gasteiger charge is 2.28. The lowest BCUT2D eigenvalue weighted by atomic mass is 10.2. The molecule has 0 radical (unpaired) electrons. The maximum absolute atomic E-state index is 14.3. The molecule has 0 saturated carbocycles. The van der Waals surface area contributed by atoms with E-state index in [9.17, 15) is 4.39 Å². The van der Waals surface area contributed by atoms with Crippen molar-refractivity contribution in [3.8, 4) is 17.2 Å². The highest BCUT2D eigenvalue weighted by Crippen LogP contribution is 2.44. The van der Waals surface area contributed by atoms with Gasteiger partial charge in [0.25, 0.3) is 0 Å². The number of ether oxygens (including phenoxy) is 2. The van der Waals surface area contributed by atoms with Gasteiger partial charge in [0.2, 0.25) is 0 Å². The molecular weight excluding hydrogens is 463 g/mol. The highest BCUT2D eigenvalue weighted by atomic mass is 19.1. The van der Waals surface area contributed by atoms with Crippen molar-refractivity contribution in [2.45, 2.75) is 0 Å². The zero-order valence-electron chi connectivity index (χ0n) is 20.5. The molecule has 0 unspecified atom stereocenters. The standard InChI is InChI=1S/C25H29FN8O2/c1-29-24-21-20(23(28)34(24)18-9-8-15(35-2)14-19(18)36-3)22(27)30-31-25(21)33-12-10-32(11-13-33)17-7-5-4-6-16(17)26/h4-9,14,29H,10-13,28H2,1-3H3,(H2,27,30). The number of aromatic nitrogens is 3. The zero-order chi connectivity index (χ0) is 25.4. The molecule has 188 valence electrons. The second-order valence-electron chi connectivity index (χ2n) is 8.44. The Morgan fingerprint density at radius 1 is 0.889 bits per heavy atom. The minimum atomic E-state index is -0.226. The largest absolute Gasteiger partial charge is 0.497 e. The van der Waals surface area contributed by atoms with Crippen molar-refractivity contribution in [1.82, 2.24) is 14.8 Å². The van der Waals surface area contributed by atoms with Crippen LogP contribution in [0.5, 0.6) is 11.5 Å². The van der Waals surface area contributed by atoms with Crippen molar-refractivity contribution in [3.63, 3.8) is 0 Å². The molecule has 2 aromatic carbocycles. The first-order valence-electron chi connectivity index (χ1n) is 11.6. The molecule has 10 nitrogen and oxygen atoms in total. The minimum absolute atomic E-state index is 0.226. The number of para-hydroxylation sites is 1. The first-order valence-corrected chi connectivity index (χ1v) is 11.6. The number of nitrogens with one attached hydrogen (secondary N) is 1. The predicted molar refractivity (Wildman–Crippen MR) is 141 cm³/mol. The van der Waals surface area contributed by atoms with E-state index < -0.39 is 0 Å². The Hall–Kier alpha value is -4.41. The fourth-order valence-electron chi connectivity index (χ4n) is 4.81. The number of nitrogens with two attached hydrogens (primary N) is 2. The predicted octanol–water partition coefficient (Wildman–Crippen LogP) is 3.11. The molecule has 0 atom stereocenters. The van der Waals surface area contributed by atoms with Gasteiger partial charge >= 0.3 is 0 Å². The van der Waals surface area contributed by atoms with E-state index in [1.165, 1.54) is 6.07 Å². The van der Waals surface area contributed by atoms with Gasteiger partial charge in [0, 0.05) is 39.3 Å². The Morgan fingerprint density at radius 2 is 1.61 bits per heavy atom. The molecule has 0 aliphatic carbocycles. The topological polar surface area (TPSA) is 120 Å². The normalized spacial score (nSPS) is 13.8. The SMILES string of the molecule is CNc1c2c(N3CCN(c4ccccc4F)CC3)nnc(N)c2c(N)n1-c1ccc(OC)cc1OC. The Kier molecular flexibility index (Phi) is 6.05.